The van der Waals surface area contributed by atoms with Gasteiger partial charge in [0.15, 0.2) is 0 Å². The van der Waals surface area contributed by atoms with Crippen LogP contribution < -0.4 is 5.32 Å². The molecule has 0 radical (unpaired) electrons. The van der Waals surface area contributed by atoms with E-state index in [0.717, 1.165) is 6.54 Å². The lowest BCUT2D eigenvalue weighted by Gasteiger charge is -2.26. The largest absolute Gasteiger partial charge is 0.310 e. The zero-order valence-corrected chi connectivity index (χ0v) is 11.6. The average molecular weight is 237 g/mol. The molecule has 1 aromatic carbocycles. The molecule has 1 nitrogen and oxygen atoms in total. The van der Waals surface area contributed by atoms with Crippen molar-refractivity contribution in [2.45, 2.75) is 38.1 Å². The molecule has 1 N–H and O–H groups in total. The highest BCUT2D eigenvalue weighted by atomic mass is 32.2. The quantitative estimate of drug-likeness (QED) is 0.747. The third kappa shape index (κ3) is 3.26. The Morgan fingerprint density at radius 1 is 1.25 bits per heavy atom. The second-order valence-corrected chi connectivity index (χ2v) is 5.01. The van der Waals surface area contributed by atoms with Gasteiger partial charge in [-0.2, -0.15) is 0 Å². The summed E-state index contributed by atoms with van der Waals surface area (Å²) in [5.41, 5.74) is 1.45. The summed E-state index contributed by atoms with van der Waals surface area (Å²) in [6, 6.07) is 9.22. The third-order valence-electron chi connectivity index (χ3n) is 3.11. The van der Waals surface area contributed by atoms with Gasteiger partial charge in [0.2, 0.25) is 0 Å². The standard InChI is InChI=1S/C14H23NS/c1-5-11(3)14(15-6-2)12-9-7-8-10-13(12)16-4/h7-11,14-15H,5-6H2,1-4H3. The van der Waals surface area contributed by atoms with E-state index in [0.29, 0.717) is 12.0 Å². The summed E-state index contributed by atoms with van der Waals surface area (Å²) in [6.45, 7) is 7.79. The van der Waals surface area contributed by atoms with Crippen LogP contribution in [0.25, 0.3) is 0 Å². The first-order chi connectivity index (χ1) is 7.74. The van der Waals surface area contributed by atoms with Gasteiger partial charge in [0.05, 0.1) is 0 Å². The molecule has 16 heavy (non-hydrogen) atoms. The highest BCUT2D eigenvalue weighted by Crippen LogP contribution is 2.31. The Labute approximate surface area is 104 Å². The molecule has 2 heteroatoms. The molecule has 90 valence electrons. The Balaban J connectivity index is 2.99. The zero-order valence-electron chi connectivity index (χ0n) is 10.8. The van der Waals surface area contributed by atoms with E-state index < -0.39 is 0 Å². The van der Waals surface area contributed by atoms with Gasteiger partial charge in [-0.1, -0.05) is 45.4 Å². The molecule has 0 heterocycles. The van der Waals surface area contributed by atoms with E-state index in [4.69, 9.17) is 0 Å². The minimum absolute atomic E-state index is 0.485. The van der Waals surface area contributed by atoms with Gasteiger partial charge in [0.25, 0.3) is 0 Å². The van der Waals surface area contributed by atoms with Crippen molar-refractivity contribution in [1.82, 2.24) is 5.32 Å². The Morgan fingerprint density at radius 2 is 1.94 bits per heavy atom. The second kappa shape index (κ2) is 6.97. The molecule has 0 aliphatic heterocycles. The molecule has 1 aromatic rings. The lowest BCUT2D eigenvalue weighted by Crippen LogP contribution is -2.27. The van der Waals surface area contributed by atoms with E-state index in [2.05, 4.69) is 56.6 Å². The summed E-state index contributed by atoms with van der Waals surface area (Å²) in [4.78, 5) is 1.40. The molecular formula is C14H23NS. The lowest BCUT2D eigenvalue weighted by atomic mass is 9.92. The van der Waals surface area contributed by atoms with Crippen LogP contribution in [0.2, 0.25) is 0 Å². The Bertz CT molecular complexity index is 311. The van der Waals surface area contributed by atoms with E-state index in [9.17, 15) is 0 Å². The number of nitrogens with one attached hydrogen (secondary N) is 1. The van der Waals surface area contributed by atoms with Crippen LogP contribution in [0, 0.1) is 5.92 Å². The van der Waals surface area contributed by atoms with Crippen LogP contribution in [-0.4, -0.2) is 12.8 Å². The summed E-state index contributed by atoms with van der Waals surface area (Å²) in [5, 5.41) is 3.61. The highest BCUT2D eigenvalue weighted by Gasteiger charge is 2.18. The van der Waals surface area contributed by atoms with Crippen LogP contribution >= 0.6 is 11.8 Å². The van der Waals surface area contributed by atoms with E-state index in [1.807, 2.05) is 11.8 Å². The smallest absolute Gasteiger partial charge is 0.0356 e. The summed E-state index contributed by atoms with van der Waals surface area (Å²) in [5.74, 6) is 0.674. The fourth-order valence-electron chi connectivity index (χ4n) is 2.00. The fraction of sp³-hybridized carbons (Fsp3) is 0.571. The molecule has 0 amide bonds. The van der Waals surface area contributed by atoms with Gasteiger partial charge in [-0.3, -0.25) is 0 Å². The summed E-state index contributed by atoms with van der Waals surface area (Å²) < 4.78 is 0. The lowest BCUT2D eigenvalue weighted by molar-refractivity contribution is 0.379. The topological polar surface area (TPSA) is 12.0 Å². The van der Waals surface area contributed by atoms with Crippen molar-refractivity contribution < 1.29 is 0 Å². The molecule has 0 aliphatic carbocycles. The van der Waals surface area contributed by atoms with Gasteiger partial charge >= 0.3 is 0 Å². The molecule has 0 saturated carbocycles. The van der Waals surface area contributed by atoms with Crippen LogP contribution in [0.4, 0.5) is 0 Å². The maximum Gasteiger partial charge on any atom is 0.0356 e. The van der Waals surface area contributed by atoms with Crippen LogP contribution in [-0.2, 0) is 0 Å². The number of rotatable bonds is 6. The average Bonchev–Trinajstić information content (AvgIpc) is 2.35. The van der Waals surface area contributed by atoms with Crippen LogP contribution in [0.1, 0.15) is 38.8 Å². The number of thioether (sulfide) groups is 1. The molecule has 0 bridgehead atoms. The first kappa shape index (κ1) is 13.6. The molecule has 1 rings (SSSR count). The predicted octanol–water partition coefficient (Wildman–Crippen LogP) is 4.11. The minimum Gasteiger partial charge on any atom is -0.310 e. The molecular weight excluding hydrogens is 214 g/mol. The minimum atomic E-state index is 0.485. The van der Waals surface area contributed by atoms with Crippen LogP contribution in [0.15, 0.2) is 29.2 Å². The summed E-state index contributed by atoms with van der Waals surface area (Å²) in [6.07, 6.45) is 3.36. The van der Waals surface area contributed by atoms with Crippen molar-refractivity contribution in [1.29, 1.82) is 0 Å². The maximum atomic E-state index is 3.61. The van der Waals surface area contributed by atoms with Gasteiger partial charge in [-0.25, -0.2) is 0 Å². The Hall–Kier alpha value is -0.470. The van der Waals surface area contributed by atoms with E-state index in [-0.39, 0.29) is 0 Å². The molecule has 2 unspecified atom stereocenters. The highest BCUT2D eigenvalue weighted by molar-refractivity contribution is 7.98. The predicted molar refractivity (Wildman–Crippen MR) is 74.1 cm³/mol. The molecule has 2 atom stereocenters. The van der Waals surface area contributed by atoms with Crippen molar-refractivity contribution in [3.8, 4) is 0 Å². The molecule has 0 spiro atoms. The van der Waals surface area contributed by atoms with Crippen LogP contribution in [0.3, 0.4) is 0 Å². The van der Waals surface area contributed by atoms with E-state index in [1.54, 1.807) is 0 Å². The Morgan fingerprint density at radius 3 is 2.50 bits per heavy atom. The first-order valence-corrected chi connectivity index (χ1v) is 7.33. The molecule has 0 saturated heterocycles. The monoisotopic (exact) mass is 237 g/mol. The van der Waals surface area contributed by atoms with Gasteiger partial charge < -0.3 is 5.32 Å². The number of hydrogen-bond donors (Lipinski definition) is 1. The second-order valence-electron chi connectivity index (χ2n) is 4.16. The number of hydrogen-bond acceptors (Lipinski definition) is 2. The first-order valence-electron chi connectivity index (χ1n) is 6.10. The van der Waals surface area contributed by atoms with Gasteiger partial charge in [-0.15, -0.1) is 11.8 Å². The number of benzene rings is 1. The van der Waals surface area contributed by atoms with E-state index >= 15 is 0 Å². The van der Waals surface area contributed by atoms with Crippen molar-refractivity contribution in [2.24, 2.45) is 5.92 Å². The van der Waals surface area contributed by atoms with Gasteiger partial charge in [-0.05, 0) is 30.3 Å². The maximum absolute atomic E-state index is 3.61. The summed E-state index contributed by atoms with van der Waals surface area (Å²) in [7, 11) is 0. The van der Waals surface area contributed by atoms with Crippen molar-refractivity contribution in [2.75, 3.05) is 12.8 Å². The Kier molecular flexibility index (Phi) is 5.93. The summed E-state index contributed by atoms with van der Waals surface area (Å²) >= 11 is 1.84. The van der Waals surface area contributed by atoms with Gasteiger partial charge in [0, 0.05) is 10.9 Å². The molecule has 0 aliphatic rings. The SMILES string of the molecule is CCNC(c1ccccc1SC)C(C)CC. The zero-order chi connectivity index (χ0) is 12.0. The molecule has 0 aromatic heterocycles. The van der Waals surface area contributed by atoms with Crippen LogP contribution in [0.5, 0.6) is 0 Å². The van der Waals surface area contributed by atoms with Gasteiger partial charge in [0.1, 0.15) is 0 Å². The van der Waals surface area contributed by atoms with E-state index in [1.165, 1.54) is 16.9 Å². The normalized spacial score (nSPS) is 14.8. The van der Waals surface area contributed by atoms with Crippen molar-refractivity contribution in [3.63, 3.8) is 0 Å². The fourth-order valence-corrected chi connectivity index (χ4v) is 2.64. The molecule has 0 fully saturated rings. The van der Waals surface area contributed by atoms with Crippen molar-refractivity contribution >= 4 is 11.8 Å². The third-order valence-corrected chi connectivity index (χ3v) is 3.92. The van der Waals surface area contributed by atoms with Crippen molar-refractivity contribution in [3.05, 3.63) is 29.8 Å².